The molecule has 0 bridgehead atoms. The summed E-state index contributed by atoms with van der Waals surface area (Å²) < 4.78 is 7.29. The van der Waals surface area contributed by atoms with Gasteiger partial charge in [-0.1, -0.05) is 18.6 Å². The van der Waals surface area contributed by atoms with Crippen molar-refractivity contribution >= 4 is 5.65 Å². The van der Waals surface area contributed by atoms with Gasteiger partial charge in [0.25, 0.3) is 0 Å². The van der Waals surface area contributed by atoms with Crippen LogP contribution in [0.2, 0.25) is 0 Å². The highest BCUT2D eigenvalue weighted by molar-refractivity contribution is 5.65. The molecule has 2 fully saturated rings. The molecule has 1 aliphatic heterocycles. The number of hydrogen-bond donors (Lipinski definition) is 0. The van der Waals surface area contributed by atoms with Crippen molar-refractivity contribution in [2.75, 3.05) is 20.2 Å². The van der Waals surface area contributed by atoms with Crippen LogP contribution in [0.25, 0.3) is 16.8 Å². The average molecular weight is 362 g/mol. The highest BCUT2D eigenvalue weighted by Gasteiger charge is 2.31. The van der Waals surface area contributed by atoms with Gasteiger partial charge in [0.05, 0.1) is 7.11 Å². The minimum absolute atomic E-state index is 0.458. The molecule has 3 aromatic rings. The van der Waals surface area contributed by atoms with E-state index in [1.165, 1.54) is 38.6 Å². The van der Waals surface area contributed by atoms with Gasteiger partial charge in [0.15, 0.2) is 11.5 Å². The lowest BCUT2D eigenvalue weighted by Gasteiger charge is -2.41. The highest BCUT2D eigenvalue weighted by Crippen LogP contribution is 2.32. The van der Waals surface area contributed by atoms with Crippen molar-refractivity contribution in [1.82, 2.24) is 19.5 Å². The molecule has 0 unspecified atom stereocenters. The van der Waals surface area contributed by atoms with E-state index in [0.29, 0.717) is 5.92 Å². The zero-order valence-electron chi connectivity index (χ0n) is 15.8. The number of ether oxygens (including phenoxy) is 1. The van der Waals surface area contributed by atoms with Crippen molar-refractivity contribution in [3.63, 3.8) is 0 Å². The van der Waals surface area contributed by atoms with E-state index >= 15 is 0 Å². The van der Waals surface area contributed by atoms with Crippen LogP contribution in [0, 0.1) is 0 Å². The minimum Gasteiger partial charge on any atom is -0.497 e. The fourth-order valence-corrected chi connectivity index (χ4v) is 4.35. The second kappa shape index (κ2) is 6.97. The molecule has 2 aromatic heterocycles. The van der Waals surface area contributed by atoms with Gasteiger partial charge in [0.1, 0.15) is 5.75 Å². The van der Waals surface area contributed by atoms with Crippen molar-refractivity contribution < 1.29 is 4.74 Å². The maximum Gasteiger partial charge on any atom is 0.156 e. The molecule has 140 valence electrons. The first-order chi connectivity index (χ1) is 13.3. The molecule has 27 heavy (non-hydrogen) atoms. The van der Waals surface area contributed by atoms with E-state index in [4.69, 9.17) is 14.8 Å². The maximum absolute atomic E-state index is 5.35. The third-order valence-corrected chi connectivity index (χ3v) is 6.16. The normalized spacial score (nSPS) is 21.3. The molecule has 5 heteroatoms. The summed E-state index contributed by atoms with van der Waals surface area (Å²) in [4.78, 5) is 7.51. The second-order valence-corrected chi connectivity index (χ2v) is 7.84. The van der Waals surface area contributed by atoms with Crippen molar-refractivity contribution in [1.29, 1.82) is 0 Å². The number of pyridine rings is 1. The van der Waals surface area contributed by atoms with Gasteiger partial charge in [-0.25, -0.2) is 9.50 Å². The molecule has 1 aromatic carbocycles. The maximum atomic E-state index is 5.35. The number of methoxy groups -OCH3 is 1. The Morgan fingerprint density at radius 3 is 2.78 bits per heavy atom. The number of benzene rings is 1. The molecule has 2 aliphatic rings. The van der Waals surface area contributed by atoms with Gasteiger partial charge < -0.3 is 4.74 Å². The van der Waals surface area contributed by atoms with Gasteiger partial charge >= 0.3 is 0 Å². The van der Waals surface area contributed by atoms with Crippen molar-refractivity contribution in [2.24, 2.45) is 0 Å². The van der Waals surface area contributed by atoms with Crippen LogP contribution in [0.4, 0.5) is 0 Å². The van der Waals surface area contributed by atoms with Crippen molar-refractivity contribution in [2.45, 2.75) is 44.1 Å². The molecule has 0 amide bonds. The first-order valence-corrected chi connectivity index (χ1v) is 10.0. The van der Waals surface area contributed by atoms with Crippen LogP contribution in [0.3, 0.4) is 0 Å². The largest absolute Gasteiger partial charge is 0.497 e. The molecular weight excluding hydrogens is 336 g/mol. The lowest BCUT2D eigenvalue weighted by Crippen LogP contribution is -2.45. The predicted octanol–water partition coefficient (Wildman–Crippen LogP) is 4.14. The fourth-order valence-electron chi connectivity index (χ4n) is 4.35. The van der Waals surface area contributed by atoms with Crippen LogP contribution < -0.4 is 4.74 Å². The number of rotatable bonds is 4. The number of fused-ring (bicyclic) bond motifs is 1. The van der Waals surface area contributed by atoms with E-state index in [2.05, 4.69) is 35.4 Å². The SMILES string of the molecule is COc1cccc(-c2ccc3nc([C@H]4CCCN(C5CCC5)C4)nn3c2)c1. The van der Waals surface area contributed by atoms with Gasteiger partial charge in [0, 0.05) is 30.3 Å². The standard InChI is InChI=1S/C22H26N4O/c1-27-20-9-2-5-16(13-20)17-10-11-21-23-22(24-26(21)15-17)18-6-4-12-25(14-18)19-7-3-8-19/h2,5,9-11,13,15,18-19H,3-4,6-8,12,14H2,1H3/t18-/m0/s1. The van der Waals surface area contributed by atoms with Crippen LogP contribution >= 0.6 is 0 Å². The number of aromatic nitrogens is 3. The van der Waals surface area contributed by atoms with E-state index < -0.39 is 0 Å². The molecule has 0 N–H and O–H groups in total. The molecule has 5 nitrogen and oxygen atoms in total. The van der Waals surface area contributed by atoms with Crippen molar-refractivity contribution in [3.05, 3.63) is 48.4 Å². The van der Waals surface area contributed by atoms with E-state index in [1.54, 1.807) is 7.11 Å². The van der Waals surface area contributed by atoms with E-state index in [9.17, 15) is 0 Å². The van der Waals surface area contributed by atoms with Gasteiger partial charge in [-0.15, -0.1) is 0 Å². The Labute approximate surface area is 160 Å². The summed E-state index contributed by atoms with van der Waals surface area (Å²) in [6.45, 7) is 2.36. The van der Waals surface area contributed by atoms with E-state index in [1.807, 2.05) is 16.6 Å². The third-order valence-electron chi connectivity index (χ3n) is 6.16. The van der Waals surface area contributed by atoms with Crippen LogP contribution in [0.15, 0.2) is 42.6 Å². The summed E-state index contributed by atoms with van der Waals surface area (Å²) in [5, 5.41) is 4.85. The Kier molecular flexibility index (Phi) is 4.32. The highest BCUT2D eigenvalue weighted by atomic mass is 16.5. The Morgan fingerprint density at radius 1 is 1.04 bits per heavy atom. The zero-order valence-corrected chi connectivity index (χ0v) is 15.8. The van der Waals surface area contributed by atoms with Crippen LogP contribution in [0.5, 0.6) is 5.75 Å². The van der Waals surface area contributed by atoms with E-state index in [0.717, 1.165) is 40.9 Å². The Balaban J connectivity index is 1.41. The quantitative estimate of drug-likeness (QED) is 0.700. The number of hydrogen-bond acceptors (Lipinski definition) is 4. The van der Waals surface area contributed by atoms with Gasteiger partial charge in [-0.2, -0.15) is 5.10 Å². The fraction of sp³-hybridized carbons (Fsp3) is 0.455. The zero-order chi connectivity index (χ0) is 18.2. The molecule has 3 heterocycles. The third kappa shape index (κ3) is 3.21. The summed E-state index contributed by atoms with van der Waals surface area (Å²) in [7, 11) is 1.70. The first kappa shape index (κ1) is 16.8. The number of piperidine rings is 1. The minimum atomic E-state index is 0.458. The lowest BCUT2D eigenvalue weighted by molar-refractivity contribution is 0.0929. The summed E-state index contributed by atoms with van der Waals surface area (Å²) in [6, 6.07) is 13.1. The first-order valence-electron chi connectivity index (χ1n) is 10.0. The van der Waals surface area contributed by atoms with Gasteiger partial charge in [0.2, 0.25) is 0 Å². The monoisotopic (exact) mass is 362 g/mol. The predicted molar refractivity (Wildman–Crippen MR) is 106 cm³/mol. The van der Waals surface area contributed by atoms with E-state index in [-0.39, 0.29) is 0 Å². The molecular formula is C22H26N4O. The molecule has 1 aliphatic carbocycles. The number of likely N-dealkylation sites (tertiary alicyclic amines) is 1. The van der Waals surface area contributed by atoms with Crippen LogP contribution in [0.1, 0.15) is 43.8 Å². The smallest absolute Gasteiger partial charge is 0.156 e. The Morgan fingerprint density at radius 2 is 1.96 bits per heavy atom. The molecule has 1 atom stereocenters. The Hall–Kier alpha value is -2.40. The van der Waals surface area contributed by atoms with Crippen LogP contribution in [-0.2, 0) is 0 Å². The molecule has 1 saturated carbocycles. The van der Waals surface area contributed by atoms with Crippen LogP contribution in [-0.4, -0.2) is 45.7 Å². The summed E-state index contributed by atoms with van der Waals surface area (Å²) in [5.41, 5.74) is 3.18. The summed E-state index contributed by atoms with van der Waals surface area (Å²) in [5.74, 6) is 2.33. The molecule has 0 spiro atoms. The Bertz CT molecular complexity index is 946. The molecule has 1 saturated heterocycles. The average Bonchev–Trinajstić information content (AvgIpc) is 3.10. The summed E-state index contributed by atoms with van der Waals surface area (Å²) in [6.07, 6.45) is 8.66. The lowest BCUT2D eigenvalue weighted by atomic mass is 9.87. The topological polar surface area (TPSA) is 42.7 Å². The summed E-state index contributed by atoms with van der Waals surface area (Å²) >= 11 is 0. The number of nitrogens with zero attached hydrogens (tertiary/aromatic N) is 4. The van der Waals surface area contributed by atoms with Crippen molar-refractivity contribution in [3.8, 4) is 16.9 Å². The second-order valence-electron chi connectivity index (χ2n) is 7.84. The molecule has 5 rings (SSSR count). The van der Waals surface area contributed by atoms with Gasteiger partial charge in [-0.05, 0) is 62.1 Å². The molecule has 0 radical (unpaired) electrons. The van der Waals surface area contributed by atoms with Gasteiger partial charge in [-0.3, -0.25) is 4.90 Å².